The molecule has 0 aliphatic heterocycles. The first-order valence-electron chi connectivity index (χ1n) is 7.66. The van der Waals surface area contributed by atoms with E-state index in [1.807, 2.05) is 26.0 Å². The Morgan fingerprint density at radius 1 is 1.20 bits per heavy atom. The fourth-order valence-corrected chi connectivity index (χ4v) is 4.26. The zero-order chi connectivity index (χ0) is 17.6. The van der Waals surface area contributed by atoms with Gasteiger partial charge in [-0.25, -0.2) is 4.79 Å². The highest BCUT2D eigenvalue weighted by molar-refractivity contribution is 7.22. The lowest BCUT2D eigenvalue weighted by Crippen LogP contribution is -2.09. The van der Waals surface area contributed by atoms with Gasteiger partial charge in [-0.05, 0) is 31.5 Å². The van der Waals surface area contributed by atoms with Crippen molar-refractivity contribution in [3.63, 3.8) is 0 Å². The van der Waals surface area contributed by atoms with Crippen LogP contribution < -0.4 is 10.9 Å². The molecule has 3 aromatic heterocycles. The van der Waals surface area contributed by atoms with Crippen LogP contribution in [0.5, 0.6) is 0 Å². The molecule has 0 atom stereocenters. The largest absolute Gasteiger partial charge is 0.422 e. The van der Waals surface area contributed by atoms with Gasteiger partial charge in [0.05, 0.1) is 15.0 Å². The number of anilines is 1. The van der Waals surface area contributed by atoms with E-state index < -0.39 is 5.63 Å². The number of benzene rings is 1. The first kappa shape index (κ1) is 15.9. The Morgan fingerprint density at radius 2 is 2.04 bits per heavy atom. The molecule has 0 spiro atoms. The van der Waals surface area contributed by atoms with Gasteiger partial charge < -0.3 is 4.42 Å². The molecule has 0 saturated heterocycles. The predicted octanol–water partition coefficient (Wildman–Crippen LogP) is 3.98. The van der Waals surface area contributed by atoms with Gasteiger partial charge in [0.2, 0.25) is 5.13 Å². The normalized spacial score (nSPS) is 11.3. The summed E-state index contributed by atoms with van der Waals surface area (Å²) >= 11 is 2.61. The van der Waals surface area contributed by atoms with Crippen LogP contribution in [-0.4, -0.2) is 16.1 Å². The molecule has 126 valence electrons. The number of aryl methyl sites for hydroxylation is 2. The third kappa shape index (κ3) is 2.83. The average molecular weight is 371 g/mol. The fourth-order valence-electron chi connectivity index (χ4n) is 2.53. The number of fused-ring (bicyclic) bond motifs is 3. The molecule has 1 N–H and O–H groups in total. The molecule has 0 bridgehead atoms. The summed E-state index contributed by atoms with van der Waals surface area (Å²) in [5.74, 6) is -0.305. The summed E-state index contributed by atoms with van der Waals surface area (Å²) in [6.45, 7) is 3.95. The smallest absolute Gasteiger partial charge is 0.345 e. The Labute approximate surface area is 150 Å². The number of carbonyl (C=O) groups is 1. The standard InChI is InChI=1S/C17H13N3O3S2/c1-3-13-19-20-17(25-13)18-15(21)12-7-10-14(24-12)9-6-8(2)4-5-11(9)23-16(10)22/h4-7H,3H2,1-2H3,(H,18,20,21). The second kappa shape index (κ2) is 6.05. The first-order valence-corrected chi connectivity index (χ1v) is 9.29. The van der Waals surface area contributed by atoms with E-state index in [1.54, 1.807) is 12.1 Å². The van der Waals surface area contributed by atoms with Gasteiger partial charge in [0, 0.05) is 5.39 Å². The molecule has 8 heteroatoms. The Morgan fingerprint density at radius 3 is 2.80 bits per heavy atom. The number of nitrogens with zero attached hydrogens (tertiary/aromatic N) is 2. The van der Waals surface area contributed by atoms with Gasteiger partial charge in [-0.15, -0.1) is 21.5 Å². The van der Waals surface area contributed by atoms with Crippen LogP contribution in [-0.2, 0) is 6.42 Å². The average Bonchev–Trinajstić information content (AvgIpc) is 3.23. The van der Waals surface area contributed by atoms with E-state index in [2.05, 4.69) is 15.5 Å². The third-order valence-electron chi connectivity index (χ3n) is 3.75. The molecule has 0 unspecified atom stereocenters. The van der Waals surface area contributed by atoms with Gasteiger partial charge in [0.15, 0.2) is 0 Å². The van der Waals surface area contributed by atoms with E-state index in [4.69, 9.17) is 4.42 Å². The number of aromatic nitrogens is 2. The third-order valence-corrected chi connectivity index (χ3v) is 5.90. The van der Waals surface area contributed by atoms with Crippen molar-refractivity contribution in [1.29, 1.82) is 0 Å². The number of thiophene rings is 1. The minimum absolute atomic E-state index is 0.305. The zero-order valence-electron chi connectivity index (χ0n) is 13.5. The minimum atomic E-state index is -0.439. The molecule has 25 heavy (non-hydrogen) atoms. The van der Waals surface area contributed by atoms with Crippen LogP contribution in [0.4, 0.5) is 5.13 Å². The van der Waals surface area contributed by atoms with Crippen molar-refractivity contribution in [1.82, 2.24) is 10.2 Å². The highest BCUT2D eigenvalue weighted by Crippen LogP contribution is 2.31. The monoisotopic (exact) mass is 371 g/mol. The molecule has 6 nitrogen and oxygen atoms in total. The van der Waals surface area contributed by atoms with Crippen molar-refractivity contribution in [2.24, 2.45) is 0 Å². The van der Waals surface area contributed by atoms with Crippen LogP contribution in [0.1, 0.15) is 27.2 Å². The molecule has 4 aromatic rings. The zero-order valence-corrected chi connectivity index (χ0v) is 15.1. The fraction of sp³-hybridized carbons (Fsp3) is 0.176. The van der Waals surface area contributed by atoms with E-state index in [0.29, 0.717) is 21.0 Å². The number of carbonyl (C=O) groups excluding carboxylic acids is 1. The van der Waals surface area contributed by atoms with Gasteiger partial charge in [-0.1, -0.05) is 29.9 Å². The molecule has 0 radical (unpaired) electrons. The van der Waals surface area contributed by atoms with Crippen LogP contribution in [0.25, 0.3) is 21.1 Å². The lowest BCUT2D eigenvalue weighted by atomic mass is 10.1. The number of amides is 1. The topological polar surface area (TPSA) is 85.1 Å². The lowest BCUT2D eigenvalue weighted by molar-refractivity contribution is 0.103. The maximum atomic E-state index is 12.5. The van der Waals surface area contributed by atoms with Gasteiger partial charge in [-0.2, -0.15) is 0 Å². The van der Waals surface area contributed by atoms with Crippen molar-refractivity contribution in [2.45, 2.75) is 20.3 Å². The summed E-state index contributed by atoms with van der Waals surface area (Å²) < 4.78 is 6.11. The molecule has 1 aromatic carbocycles. The quantitative estimate of drug-likeness (QED) is 0.551. The summed E-state index contributed by atoms with van der Waals surface area (Å²) in [5, 5.41) is 13.2. The van der Waals surface area contributed by atoms with Crippen LogP contribution >= 0.6 is 22.7 Å². The maximum absolute atomic E-state index is 12.5. The minimum Gasteiger partial charge on any atom is -0.422 e. The molecule has 4 rings (SSSR count). The Bertz CT molecular complexity index is 1170. The molecule has 0 aliphatic rings. The van der Waals surface area contributed by atoms with E-state index >= 15 is 0 Å². The number of rotatable bonds is 3. The Balaban J connectivity index is 1.78. The van der Waals surface area contributed by atoms with Gasteiger partial charge in [0.25, 0.3) is 5.91 Å². The molecule has 1 amide bonds. The SMILES string of the molecule is CCc1nnc(NC(=O)c2cc3c(=O)oc4ccc(C)cc4c3s2)s1. The number of nitrogens with one attached hydrogen (secondary N) is 1. The second-order valence-electron chi connectivity index (χ2n) is 5.55. The van der Waals surface area contributed by atoms with Crippen molar-refractivity contribution in [3.05, 3.63) is 50.1 Å². The highest BCUT2D eigenvalue weighted by Gasteiger charge is 2.17. The summed E-state index contributed by atoms with van der Waals surface area (Å²) in [5.41, 5.74) is 1.14. The number of hydrogen-bond donors (Lipinski definition) is 1. The summed E-state index contributed by atoms with van der Waals surface area (Å²) in [6.07, 6.45) is 0.767. The van der Waals surface area contributed by atoms with E-state index in [0.717, 1.165) is 27.1 Å². The van der Waals surface area contributed by atoms with Crippen molar-refractivity contribution in [3.8, 4) is 0 Å². The highest BCUT2D eigenvalue weighted by atomic mass is 32.1. The van der Waals surface area contributed by atoms with E-state index in [9.17, 15) is 9.59 Å². The van der Waals surface area contributed by atoms with Crippen molar-refractivity contribution in [2.75, 3.05) is 5.32 Å². The molecule has 3 heterocycles. The molecule has 0 fully saturated rings. The van der Waals surface area contributed by atoms with E-state index in [1.165, 1.54) is 22.7 Å². The molecular weight excluding hydrogens is 358 g/mol. The second-order valence-corrected chi connectivity index (χ2v) is 7.67. The predicted molar refractivity (Wildman–Crippen MR) is 99.8 cm³/mol. The first-order chi connectivity index (χ1) is 12.0. The van der Waals surface area contributed by atoms with Crippen LogP contribution in [0.3, 0.4) is 0 Å². The van der Waals surface area contributed by atoms with Gasteiger partial charge in [0.1, 0.15) is 10.6 Å². The molecule has 0 saturated carbocycles. The summed E-state index contributed by atoms with van der Waals surface area (Å²) in [4.78, 5) is 25.1. The van der Waals surface area contributed by atoms with E-state index in [-0.39, 0.29) is 5.91 Å². The van der Waals surface area contributed by atoms with Crippen LogP contribution in [0.15, 0.2) is 33.5 Å². The van der Waals surface area contributed by atoms with Crippen molar-refractivity contribution < 1.29 is 9.21 Å². The molecular formula is C17H13N3O3S2. The summed E-state index contributed by atoms with van der Waals surface area (Å²) in [6, 6.07) is 7.19. The van der Waals surface area contributed by atoms with Gasteiger partial charge in [-0.3, -0.25) is 10.1 Å². The Kier molecular flexibility index (Phi) is 3.85. The van der Waals surface area contributed by atoms with Gasteiger partial charge >= 0.3 is 5.63 Å². The number of hydrogen-bond acceptors (Lipinski definition) is 7. The molecule has 0 aliphatic carbocycles. The maximum Gasteiger partial charge on any atom is 0.345 e. The summed E-state index contributed by atoms with van der Waals surface area (Å²) in [7, 11) is 0. The Hall–Kier alpha value is -2.58. The van der Waals surface area contributed by atoms with Crippen molar-refractivity contribution >= 4 is 54.8 Å². The lowest BCUT2D eigenvalue weighted by Gasteiger charge is -1.99. The van der Waals surface area contributed by atoms with Crippen LogP contribution in [0, 0.1) is 6.92 Å². The van der Waals surface area contributed by atoms with Crippen LogP contribution in [0.2, 0.25) is 0 Å².